The third kappa shape index (κ3) is 2.32. The molecule has 1 aromatic heterocycles. The Bertz CT molecular complexity index is 852. The largest absolute Gasteiger partial charge is 0.475 e. The standard InChI is InChI=1S/C14H9N3O4/c18-14(19)13-15-11-6-3-9(7-12(11)16-13)8-1-4-10(5-2-8)17(20)21/h1-7H,(H,15,16)(H,18,19). The Kier molecular flexibility index (Phi) is 2.87. The van der Waals surface area contributed by atoms with Crippen LogP contribution in [0.1, 0.15) is 10.6 Å². The summed E-state index contributed by atoms with van der Waals surface area (Å²) in [6, 6.07) is 11.4. The number of benzene rings is 2. The molecule has 1 heterocycles. The summed E-state index contributed by atoms with van der Waals surface area (Å²) in [6.07, 6.45) is 0. The van der Waals surface area contributed by atoms with Crippen LogP contribution in [-0.2, 0) is 0 Å². The van der Waals surface area contributed by atoms with E-state index in [9.17, 15) is 14.9 Å². The van der Waals surface area contributed by atoms with Crippen LogP contribution in [0.25, 0.3) is 22.2 Å². The van der Waals surface area contributed by atoms with E-state index in [-0.39, 0.29) is 11.5 Å². The van der Waals surface area contributed by atoms with Crippen molar-refractivity contribution in [1.82, 2.24) is 9.97 Å². The van der Waals surface area contributed by atoms with Crippen molar-refractivity contribution in [2.75, 3.05) is 0 Å². The summed E-state index contributed by atoms with van der Waals surface area (Å²) in [6.45, 7) is 0. The Labute approximate surface area is 118 Å². The molecular formula is C14H9N3O4. The number of H-pyrrole nitrogens is 1. The molecule has 2 N–H and O–H groups in total. The average molecular weight is 283 g/mol. The highest BCUT2D eigenvalue weighted by molar-refractivity contribution is 5.90. The molecule has 104 valence electrons. The fourth-order valence-electron chi connectivity index (χ4n) is 2.07. The van der Waals surface area contributed by atoms with Crippen LogP contribution in [0.2, 0.25) is 0 Å². The van der Waals surface area contributed by atoms with Crippen LogP contribution in [0.3, 0.4) is 0 Å². The first-order chi connectivity index (χ1) is 10.0. The second-order valence-electron chi connectivity index (χ2n) is 4.43. The second-order valence-corrected chi connectivity index (χ2v) is 4.43. The summed E-state index contributed by atoms with van der Waals surface area (Å²) in [4.78, 5) is 27.7. The number of aromatic carboxylic acids is 1. The number of nitro groups is 1. The van der Waals surface area contributed by atoms with Crippen molar-refractivity contribution in [2.24, 2.45) is 0 Å². The lowest BCUT2D eigenvalue weighted by atomic mass is 10.0. The molecule has 7 heteroatoms. The number of fused-ring (bicyclic) bond motifs is 1. The Balaban J connectivity index is 2.03. The number of rotatable bonds is 3. The quantitative estimate of drug-likeness (QED) is 0.567. The van der Waals surface area contributed by atoms with E-state index >= 15 is 0 Å². The lowest BCUT2D eigenvalue weighted by Crippen LogP contribution is -1.97. The zero-order chi connectivity index (χ0) is 15.0. The Hall–Kier alpha value is -3.22. The number of imidazole rings is 1. The Morgan fingerprint density at radius 2 is 1.81 bits per heavy atom. The van der Waals surface area contributed by atoms with Crippen molar-refractivity contribution in [3.63, 3.8) is 0 Å². The summed E-state index contributed by atoms with van der Waals surface area (Å²) >= 11 is 0. The second kappa shape index (κ2) is 4.71. The van der Waals surface area contributed by atoms with Crippen LogP contribution < -0.4 is 0 Å². The number of non-ortho nitro benzene ring substituents is 1. The van der Waals surface area contributed by atoms with E-state index in [0.717, 1.165) is 11.1 Å². The number of carboxylic acid groups (broad SMARTS) is 1. The molecular weight excluding hydrogens is 274 g/mol. The molecule has 0 bridgehead atoms. The lowest BCUT2D eigenvalue weighted by Gasteiger charge is -2.01. The summed E-state index contributed by atoms with van der Waals surface area (Å²) in [7, 11) is 0. The van der Waals surface area contributed by atoms with Crippen LogP contribution >= 0.6 is 0 Å². The van der Waals surface area contributed by atoms with Crippen molar-refractivity contribution in [1.29, 1.82) is 0 Å². The number of nitrogens with zero attached hydrogens (tertiary/aromatic N) is 2. The van der Waals surface area contributed by atoms with Crippen molar-refractivity contribution in [3.8, 4) is 11.1 Å². The van der Waals surface area contributed by atoms with Gasteiger partial charge in [0, 0.05) is 12.1 Å². The normalized spacial score (nSPS) is 10.7. The first kappa shape index (κ1) is 12.8. The maximum absolute atomic E-state index is 10.9. The molecule has 7 nitrogen and oxygen atoms in total. The molecule has 0 fully saturated rings. The Morgan fingerprint density at radius 3 is 2.43 bits per heavy atom. The predicted molar refractivity (Wildman–Crippen MR) is 75.1 cm³/mol. The molecule has 0 saturated heterocycles. The molecule has 0 spiro atoms. The molecule has 0 radical (unpaired) electrons. The molecule has 3 aromatic rings. The van der Waals surface area contributed by atoms with Gasteiger partial charge in [0.1, 0.15) is 0 Å². The lowest BCUT2D eigenvalue weighted by molar-refractivity contribution is -0.384. The van der Waals surface area contributed by atoms with Crippen LogP contribution in [-0.4, -0.2) is 26.0 Å². The van der Waals surface area contributed by atoms with E-state index in [1.165, 1.54) is 12.1 Å². The van der Waals surface area contributed by atoms with Crippen molar-refractivity contribution in [3.05, 3.63) is 58.4 Å². The number of hydrogen-bond acceptors (Lipinski definition) is 4. The number of nitro benzene ring substituents is 1. The number of hydrogen-bond donors (Lipinski definition) is 2. The minimum Gasteiger partial charge on any atom is -0.475 e. The molecule has 21 heavy (non-hydrogen) atoms. The van der Waals surface area contributed by atoms with Gasteiger partial charge in [0.15, 0.2) is 0 Å². The molecule has 0 unspecified atom stereocenters. The first-order valence-electron chi connectivity index (χ1n) is 6.02. The van der Waals surface area contributed by atoms with Crippen LogP contribution in [0, 0.1) is 10.1 Å². The highest BCUT2D eigenvalue weighted by Crippen LogP contribution is 2.25. The number of carboxylic acids is 1. The molecule has 2 aromatic carbocycles. The first-order valence-corrected chi connectivity index (χ1v) is 6.02. The highest BCUT2D eigenvalue weighted by Gasteiger charge is 2.10. The van der Waals surface area contributed by atoms with Crippen molar-refractivity contribution in [2.45, 2.75) is 0 Å². The van der Waals surface area contributed by atoms with E-state index in [4.69, 9.17) is 5.11 Å². The number of nitrogens with one attached hydrogen (secondary N) is 1. The van der Waals surface area contributed by atoms with Gasteiger partial charge in [0.05, 0.1) is 16.0 Å². The Morgan fingerprint density at radius 1 is 1.14 bits per heavy atom. The number of carbonyl (C=O) groups is 1. The van der Waals surface area contributed by atoms with Gasteiger partial charge < -0.3 is 10.1 Å². The smallest absolute Gasteiger partial charge is 0.371 e. The zero-order valence-electron chi connectivity index (χ0n) is 10.6. The van der Waals surface area contributed by atoms with E-state index in [1.54, 1.807) is 30.3 Å². The summed E-state index contributed by atoms with van der Waals surface area (Å²) in [5.41, 5.74) is 2.79. The van der Waals surface area contributed by atoms with Gasteiger partial charge in [0.25, 0.3) is 5.69 Å². The van der Waals surface area contributed by atoms with Gasteiger partial charge in [-0.15, -0.1) is 0 Å². The van der Waals surface area contributed by atoms with Gasteiger partial charge in [-0.05, 0) is 35.4 Å². The summed E-state index contributed by atoms with van der Waals surface area (Å²) < 4.78 is 0. The van der Waals surface area contributed by atoms with Gasteiger partial charge >= 0.3 is 5.97 Å². The summed E-state index contributed by atoms with van der Waals surface area (Å²) in [5.74, 6) is -1.24. The molecule has 0 aliphatic carbocycles. The van der Waals surface area contributed by atoms with Gasteiger partial charge in [-0.3, -0.25) is 10.1 Å². The maximum atomic E-state index is 10.9. The molecule has 0 saturated carbocycles. The van der Waals surface area contributed by atoms with Crippen LogP contribution in [0.4, 0.5) is 5.69 Å². The van der Waals surface area contributed by atoms with Gasteiger partial charge in [-0.1, -0.05) is 6.07 Å². The summed E-state index contributed by atoms with van der Waals surface area (Å²) in [5, 5.41) is 19.5. The highest BCUT2D eigenvalue weighted by atomic mass is 16.6. The molecule has 3 rings (SSSR count). The van der Waals surface area contributed by atoms with Crippen LogP contribution in [0.5, 0.6) is 0 Å². The number of aromatic amines is 1. The molecule has 0 amide bonds. The monoisotopic (exact) mass is 283 g/mol. The predicted octanol–water partition coefficient (Wildman–Crippen LogP) is 2.84. The van der Waals surface area contributed by atoms with Crippen molar-refractivity contribution < 1.29 is 14.8 Å². The van der Waals surface area contributed by atoms with Gasteiger partial charge in [-0.2, -0.15) is 0 Å². The SMILES string of the molecule is O=C(O)c1nc2ccc(-c3ccc([N+](=O)[O-])cc3)cc2[nH]1. The van der Waals surface area contributed by atoms with E-state index in [2.05, 4.69) is 9.97 Å². The fraction of sp³-hybridized carbons (Fsp3) is 0. The zero-order valence-corrected chi connectivity index (χ0v) is 10.6. The maximum Gasteiger partial charge on any atom is 0.371 e. The van der Waals surface area contributed by atoms with Gasteiger partial charge in [-0.25, -0.2) is 9.78 Å². The topological polar surface area (TPSA) is 109 Å². The minimum absolute atomic E-state index is 0.0227. The third-order valence-electron chi connectivity index (χ3n) is 3.10. The van der Waals surface area contributed by atoms with Crippen LogP contribution in [0.15, 0.2) is 42.5 Å². The van der Waals surface area contributed by atoms with E-state index in [1.807, 2.05) is 0 Å². The van der Waals surface area contributed by atoms with E-state index in [0.29, 0.717) is 11.0 Å². The molecule has 0 atom stereocenters. The van der Waals surface area contributed by atoms with E-state index < -0.39 is 10.9 Å². The van der Waals surface area contributed by atoms with Crippen molar-refractivity contribution >= 4 is 22.7 Å². The molecule has 0 aliphatic rings. The fourth-order valence-corrected chi connectivity index (χ4v) is 2.07. The minimum atomic E-state index is -1.12. The third-order valence-corrected chi connectivity index (χ3v) is 3.10. The number of aromatic nitrogens is 2. The average Bonchev–Trinajstić information content (AvgIpc) is 2.90. The van der Waals surface area contributed by atoms with Gasteiger partial charge in [0.2, 0.25) is 5.82 Å². The molecule has 0 aliphatic heterocycles.